The van der Waals surface area contributed by atoms with E-state index in [-0.39, 0.29) is 11.9 Å². The molecule has 1 aromatic rings. The predicted octanol–water partition coefficient (Wildman–Crippen LogP) is 4.21. The van der Waals surface area contributed by atoms with Crippen molar-refractivity contribution >= 4 is 23.2 Å². The highest BCUT2D eigenvalue weighted by Gasteiger charge is 2.53. The van der Waals surface area contributed by atoms with Gasteiger partial charge in [0.2, 0.25) is 0 Å². The lowest BCUT2D eigenvalue weighted by molar-refractivity contribution is -0.0672. The van der Waals surface area contributed by atoms with Crippen LogP contribution in [0.3, 0.4) is 0 Å². The second-order valence-electron chi connectivity index (χ2n) is 9.08. The van der Waals surface area contributed by atoms with Gasteiger partial charge in [-0.1, -0.05) is 12.1 Å². The fourth-order valence-corrected chi connectivity index (χ4v) is 6.64. The molecule has 4 saturated carbocycles. The summed E-state index contributed by atoms with van der Waals surface area (Å²) in [5.74, 6) is 3.10. The Labute approximate surface area is 167 Å². The minimum Gasteiger partial charge on any atom is -0.496 e. The summed E-state index contributed by atoms with van der Waals surface area (Å²) >= 11 is 5.49. The van der Waals surface area contributed by atoms with E-state index in [0.717, 1.165) is 23.3 Å². The van der Waals surface area contributed by atoms with Gasteiger partial charge in [-0.15, -0.1) is 0 Å². The van der Waals surface area contributed by atoms with E-state index in [0.29, 0.717) is 21.8 Å². The first-order chi connectivity index (χ1) is 12.9. The lowest BCUT2D eigenvalue weighted by Crippen LogP contribution is -2.57. The van der Waals surface area contributed by atoms with Gasteiger partial charge < -0.3 is 10.1 Å². The lowest BCUT2D eigenvalue weighted by atomic mass is 9.48. The number of methoxy groups -OCH3 is 1. The van der Waals surface area contributed by atoms with Crippen molar-refractivity contribution in [3.63, 3.8) is 0 Å². The minimum atomic E-state index is -0.217. The van der Waals surface area contributed by atoms with Crippen molar-refractivity contribution in [1.29, 1.82) is 0 Å². The van der Waals surface area contributed by atoms with Gasteiger partial charge in [-0.25, -0.2) is 0 Å². The Hall–Kier alpha value is -1.62. The summed E-state index contributed by atoms with van der Waals surface area (Å²) in [6.07, 6.45) is 8.24. The molecule has 1 amide bonds. The number of aryl methyl sites for hydroxylation is 1. The maximum absolute atomic E-state index is 12.7. The monoisotopic (exact) mass is 386 g/mol. The molecule has 0 spiro atoms. The average molecular weight is 387 g/mol. The summed E-state index contributed by atoms with van der Waals surface area (Å²) in [6.45, 7) is 4.18. The molecule has 4 fully saturated rings. The van der Waals surface area contributed by atoms with E-state index in [2.05, 4.69) is 17.6 Å². The fourth-order valence-electron chi connectivity index (χ4n) is 6.37. The number of para-hydroxylation sites is 1. The second kappa shape index (κ2) is 7.08. The zero-order valence-electron chi connectivity index (χ0n) is 16.5. The third-order valence-electron chi connectivity index (χ3n) is 7.24. The summed E-state index contributed by atoms with van der Waals surface area (Å²) < 4.78 is 5.40. The van der Waals surface area contributed by atoms with E-state index in [1.54, 1.807) is 13.2 Å². The van der Waals surface area contributed by atoms with Gasteiger partial charge in [0.05, 0.1) is 12.7 Å². The molecule has 2 N–H and O–H groups in total. The Bertz CT molecular complexity index is 725. The molecule has 4 aliphatic carbocycles. The smallest absolute Gasteiger partial charge is 0.261 e. The van der Waals surface area contributed by atoms with E-state index in [4.69, 9.17) is 17.0 Å². The minimum absolute atomic E-state index is 0.217. The normalized spacial score (nSPS) is 32.0. The summed E-state index contributed by atoms with van der Waals surface area (Å²) in [6, 6.07) is 5.85. The Morgan fingerprint density at radius 3 is 2.33 bits per heavy atom. The zero-order chi connectivity index (χ0) is 19.2. The van der Waals surface area contributed by atoms with E-state index >= 15 is 0 Å². The summed E-state index contributed by atoms with van der Waals surface area (Å²) in [5, 5.41) is 6.73. The van der Waals surface area contributed by atoms with Gasteiger partial charge >= 0.3 is 0 Å². The molecule has 0 aromatic heterocycles. The number of nitrogens with one attached hydrogen (secondary N) is 2. The molecule has 1 atom stereocenters. The quantitative estimate of drug-likeness (QED) is 0.761. The first-order valence-electron chi connectivity index (χ1n) is 10.2. The Balaban J connectivity index is 1.41. The molecular weight excluding hydrogens is 356 g/mol. The van der Waals surface area contributed by atoms with Crippen LogP contribution < -0.4 is 15.4 Å². The SMILES string of the molecule is COc1c(C)cccc1C(=O)NC(=S)N[C@H](C)C12CC3CC(CC(C3)C1)C2. The fraction of sp³-hybridized carbons (Fsp3) is 0.636. The van der Waals surface area contributed by atoms with Crippen molar-refractivity contribution in [3.8, 4) is 5.75 Å². The van der Waals surface area contributed by atoms with Crippen LogP contribution >= 0.6 is 12.2 Å². The number of hydrogen-bond acceptors (Lipinski definition) is 3. The average Bonchev–Trinajstić information content (AvgIpc) is 2.60. The van der Waals surface area contributed by atoms with Crippen LogP contribution in [0.15, 0.2) is 18.2 Å². The third kappa shape index (κ3) is 3.46. The van der Waals surface area contributed by atoms with Crippen molar-refractivity contribution in [2.24, 2.45) is 23.2 Å². The van der Waals surface area contributed by atoms with E-state index < -0.39 is 0 Å². The molecule has 5 heteroatoms. The van der Waals surface area contributed by atoms with Crippen molar-refractivity contribution in [2.45, 2.75) is 58.4 Å². The van der Waals surface area contributed by atoms with Gasteiger partial charge in [0.15, 0.2) is 5.11 Å². The van der Waals surface area contributed by atoms with Crippen LogP contribution in [0.25, 0.3) is 0 Å². The molecular formula is C22H30N2O2S. The first kappa shape index (κ1) is 18.7. The molecule has 4 bridgehead atoms. The summed E-state index contributed by atoms with van der Waals surface area (Å²) in [5.41, 5.74) is 1.81. The van der Waals surface area contributed by atoms with Crippen LogP contribution in [-0.4, -0.2) is 24.2 Å². The third-order valence-corrected chi connectivity index (χ3v) is 7.46. The molecule has 4 aliphatic rings. The van der Waals surface area contributed by atoms with E-state index in [9.17, 15) is 4.79 Å². The second-order valence-corrected chi connectivity index (χ2v) is 9.49. The number of benzene rings is 1. The standard InChI is InChI=1S/C22H30N2O2S/c1-13-5-4-6-18(19(13)26-3)20(25)24-21(27)23-14(2)22-10-15-7-16(11-22)9-17(8-15)12-22/h4-6,14-17H,7-12H2,1-3H3,(H2,23,24,25,27)/t14-,15?,16?,17?,22?/m1/s1. The van der Waals surface area contributed by atoms with Crippen molar-refractivity contribution < 1.29 is 9.53 Å². The number of thiocarbonyl (C=S) groups is 1. The van der Waals surface area contributed by atoms with Crippen LogP contribution in [0.1, 0.15) is 61.4 Å². The number of carbonyl (C=O) groups excluding carboxylic acids is 1. The van der Waals surface area contributed by atoms with Gasteiger partial charge in [0, 0.05) is 6.04 Å². The first-order valence-corrected chi connectivity index (χ1v) is 10.6. The number of ether oxygens (including phenoxy) is 1. The van der Waals surface area contributed by atoms with Crippen molar-refractivity contribution in [2.75, 3.05) is 7.11 Å². The number of amides is 1. The molecule has 4 nitrogen and oxygen atoms in total. The topological polar surface area (TPSA) is 50.4 Å². The van der Waals surface area contributed by atoms with Gasteiger partial charge in [-0.05, 0) is 99.4 Å². The van der Waals surface area contributed by atoms with Crippen LogP contribution in [0, 0.1) is 30.1 Å². The Morgan fingerprint density at radius 2 is 1.78 bits per heavy atom. The van der Waals surface area contributed by atoms with Crippen LogP contribution in [-0.2, 0) is 0 Å². The number of rotatable bonds is 4. The summed E-state index contributed by atoms with van der Waals surface area (Å²) in [7, 11) is 1.59. The Morgan fingerprint density at radius 1 is 1.19 bits per heavy atom. The van der Waals surface area contributed by atoms with Crippen LogP contribution in [0.5, 0.6) is 5.75 Å². The lowest BCUT2D eigenvalue weighted by Gasteiger charge is -2.59. The number of hydrogen-bond donors (Lipinski definition) is 2. The zero-order valence-corrected chi connectivity index (χ0v) is 17.3. The Kier molecular flexibility index (Phi) is 4.91. The number of carbonyl (C=O) groups is 1. The molecule has 0 unspecified atom stereocenters. The maximum atomic E-state index is 12.7. The van der Waals surface area contributed by atoms with Gasteiger partial charge in [0.25, 0.3) is 5.91 Å². The van der Waals surface area contributed by atoms with Gasteiger partial charge in [-0.3, -0.25) is 10.1 Å². The molecule has 0 radical (unpaired) electrons. The highest BCUT2D eigenvalue weighted by atomic mass is 32.1. The molecule has 27 heavy (non-hydrogen) atoms. The molecule has 0 saturated heterocycles. The van der Waals surface area contributed by atoms with Gasteiger partial charge in [0.1, 0.15) is 5.75 Å². The highest BCUT2D eigenvalue weighted by molar-refractivity contribution is 7.80. The van der Waals surface area contributed by atoms with Crippen molar-refractivity contribution in [1.82, 2.24) is 10.6 Å². The molecule has 1 aromatic carbocycles. The summed E-state index contributed by atoms with van der Waals surface area (Å²) in [4.78, 5) is 12.7. The largest absolute Gasteiger partial charge is 0.496 e. The maximum Gasteiger partial charge on any atom is 0.261 e. The van der Waals surface area contributed by atoms with Crippen LogP contribution in [0.2, 0.25) is 0 Å². The van der Waals surface area contributed by atoms with E-state index in [1.807, 2.05) is 19.1 Å². The molecule has 0 aliphatic heterocycles. The van der Waals surface area contributed by atoms with E-state index in [1.165, 1.54) is 38.5 Å². The van der Waals surface area contributed by atoms with Crippen LogP contribution in [0.4, 0.5) is 0 Å². The highest BCUT2D eigenvalue weighted by Crippen LogP contribution is 2.61. The predicted molar refractivity (Wildman–Crippen MR) is 111 cm³/mol. The molecule has 0 heterocycles. The molecule has 5 rings (SSSR count). The molecule has 146 valence electrons. The van der Waals surface area contributed by atoms with Gasteiger partial charge in [-0.2, -0.15) is 0 Å². The van der Waals surface area contributed by atoms with Crippen molar-refractivity contribution in [3.05, 3.63) is 29.3 Å².